The Labute approximate surface area is 145 Å². The van der Waals surface area contributed by atoms with E-state index in [1.165, 1.54) is 7.11 Å². The van der Waals surface area contributed by atoms with Crippen LogP contribution in [-0.4, -0.2) is 43.9 Å². The number of benzene rings is 1. The Balaban J connectivity index is 2.52. The van der Waals surface area contributed by atoms with Gasteiger partial charge in [-0.05, 0) is 44.1 Å². The van der Waals surface area contributed by atoms with Gasteiger partial charge < -0.3 is 9.64 Å². The smallest absolute Gasteiger partial charge is 0.407 e. The molecule has 1 saturated heterocycles. The average molecular weight is 360 g/mol. The van der Waals surface area contributed by atoms with Crippen LogP contribution in [-0.2, 0) is 4.75 Å². The number of hydrogen-bond acceptors (Lipinski definition) is 3. The standard InChI is InChI=1S/C17H23F3N2OS/c1-5-22(3)11-21-14-10-15(23-4)13(9-12(14)2)16(17(18,19)20)7-6-8-24-16/h9-11H,5-8H2,1-4H3. The van der Waals surface area contributed by atoms with Crippen LogP contribution in [0.5, 0.6) is 5.75 Å². The number of halogens is 3. The molecule has 1 aromatic rings. The van der Waals surface area contributed by atoms with Crippen LogP contribution in [0.3, 0.4) is 0 Å². The molecule has 1 aliphatic heterocycles. The van der Waals surface area contributed by atoms with Crippen molar-refractivity contribution in [1.29, 1.82) is 0 Å². The van der Waals surface area contributed by atoms with Crippen molar-refractivity contribution in [1.82, 2.24) is 4.90 Å². The number of rotatable bonds is 5. The number of hydrogen-bond donors (Lipinski definition) is 0. The summed E-state index contributed by atoms with van der Waals surface area (Å²) in [6.07, 6.45) is -2.02. The molecule has 1 fully saturated rings. The van der Waals surface area contributed by atoms with Gasteiger partial charge in [0.05, 0.1) is 19.1 Å². The maximum atomic E-state index is 13.8. The van der Waals surface area contributed by atoms with Gasteiger partial charge >= 0.3 is 6.18 Å². The molecule has 134 valence electrons. The fourth-order valence-electron chi connectivity index (χ4n) is 2.77. The zero-order valence-corrected chi connectivity index (χ0v) is 15.2. The summed E-state index contributed by atoms with van der Waals surface area (Å²) in [5.41, 5.74) is 1.54. The van der Waals surface area contributed by atoms with E-state index >= 15 is 0 Å². The number of thioether (sulfide) groups is 1. The summed E-state index contributed by atoms with van der Waals surface area (Å²) >= 11 is 0.964. The highest BCUT2D eigenvalue weighted by Crippen LogP contribution is 2.59. The fraction of sp³-hybridized carbons (Fsp3) is 0.588. The topological polar surface area (TPSA) is 24.8 Å². The van der Waals surface area contributed by atoms with Gasteiger partial charge in [0, 0.05) is 25.2 Å². The maximum Gasteiger partial charge on any atom is 0.407 e. The first-order valence-corrected chi connectivity index (χ1v) is 8.88. The molecule has 1 heterocycles. The second kappa shape index (κ2) is 7.25. The Bertz CT molecular complexity index is 611. The molecule has 1 atom stereocenters. The predicted octanol–water partition coefficient (Wildman–Crippen LogP) is 4.90. The first-order chi connectivity index (χ1) is 11.2. The van der Waals surface area contributed by atoms with Crippen molar-refractivity contribution in [3.8, 4) is 5.75 Å². The van der Waals surface area contributed by atoms with Gasteiger partial charge in [0.1, 0.15) is 10.5 Å². The van der Waals surface area contributed by atoms with Crippen LogP contribution in [0.4, 0.5) is 18.9 Å². The minimum absolute atomic E-state index is 0.0815. The third-order valence-corrected chi connectivity index (χ3v) is 5.97. The van der Waals surface area contributed by atoms with Gasteiger partial charge in [0.2, 0.25) is 0 Å². The number of alkyl halides is 3. The zero-order valence-electron chi connectivity index (χ0n) is 14.4. The van der Waals surface area contributed by atoms with Gasteiger partial charge in [0.15, 0.2) is 0 Å². The van der Waals surface area contributed by atoms with E-state index in [-0.39, 0.29) is 17.7 Å². The first kappa shape index (κ1) is 19.0. The summed E-state index contributed by atoms with van der Waals surface area (Å²) in [6.45, 7) is 4.57. The summed E-state index contributed by atoms with van der Waals surface area (Å²) in [7, 11) is 3.29. The molecule has 24 heavy (non-hydrogen) atoms. The van der Waals surface area contributed by atoms with Crippen LogP contribution in [0.2, 0.25) is 0 Å². The molecule has 0 radical (unpaired) electrons. The Morgan fingerprint density at radius 3 is 2.62 bits per heavy atom. The Kier molecular flexibility index (Phi) is 5.73. The molecule has 1 aliphatic rings. The maximum absolute atomic E-state index is 13.8. The summed E-state index contributed by atoms with van der Waals surface area (Å²) in [4.78, 5) is 6.26. The van der Waals surface area contributed by atoms with E-state index in [1.807, 2.05) is 18.9 Å². The zero-order chi connectivity index (χ0) is 18.0. The van der Waals surface area contributed by atoms with Gasteiger partial charge in [-0.3, -0.25) is 0 Å². The number of methoxy groups -OCH3 is 1. The highest BCUT2D eigenvalue weighted by atomic mass is 32.2. The Hall–Kier alpha value is -1.37. The van der Waals surface area contributed by atoms with E-state index in [2.05, 4.69) is 4.99 Å². The van der Waals surface area contributed by atoms with E-state index in [0.29, 0.717) is 23.4 Å². The number of nitrogens with zero attached hydrogens (tertiary/aromatic N) is 2. The molecule has 0 N–H and O–H groups in total. The number of aryl methyl sites for hydroxylation is 1. The monoisotopic (exact) mass is 360 g/mol. The van der Waals surface area contributed by atoms with Crippen molar-refractivity contribution in [2.45, 2.75) is 37.6 Å². The Morgan fingerprint density at radius 2 is 2.12 bits per heavy atom. The molecule has 1 aromatic carbocycles. The quantitative estimate of drug-likeness (QED) is 0.551. The van der Waals surface area contributed by atoms with Crippen LogP contribution in [0.1, 0.15) is 30.9 Å². The third kappa shape index (κ3) is 3.50. The minimum Gasteiger partial charge on any atom is -0.496 e. The summed E-state index contributed by atoms with van der Waals surface area (Å²) < 4.78 is 44.9. The van der Waals surface area contributed by atoms with Crippen molar-refractivity contribution >= 4 is 23.8 Å². The lowest BCUT2D eigenvalue weighted by Crippen LogP contribution is -2.37. The average Bonchev–Trinajstić information content (AvgIpc) is 3.03. The minimum atomic E-state index is -4.32. The van der Waals surface area contributed by atoms with Crippen LogP contribution >= 0.6 is 11.8 Å². The predicted molar refractivity (Wildman–Crippen MR) is 93.6 cm³/mol. The molecule has 0 spiro atoms. The highest BCUT2D eigenvalue weighted by molar-refractivity contribution is 8.00. The normalized spacial score (nSPS) is 21.5. The van der Waals surface area contributed by atoms with Gasteiger partial charge in [-0.15, -0.1) is 11.8 Å². The van der Waals surface area contributed by atoms with Crippen molar-refractivity contribution in [3.63, 3.8) is 0 Å². The van der Waals surface area contributed by atoms with E-state index in [0.717, 1.165) is 18.3 Å². The number of ether oxygens (including phenoxy) is 1. The summed E-state index contributed by atoms with van der Waals surface area (Å²) in [5.74, 6) is 0.752. The molecule has 0 saturated carbocycles. The van der Waals surface area contributed by atoms with Crippen LogP contribution < -0.4 is 4.74 Å². The van der Waals surface area contributed by atoms with E-state index in [1.54, 1.807) is 25.4 Å². The molecule has 7 heteroatoms. The first-order valence-electron chi connectivity index (χ1n) is 7.89. The second-order valence-electron chi connectivity index (χ2n) is 5.93. The van der Waals surface area contributed by atoms with Gasteiger partial charge in [-0.1, -0.05) is 0 Å². The summed E-state index contributed by atoms with van der Waals surface area (Å²) in [6, 6.07) is 3.19. The second-order valence-corrected chi connectivity index (χ2v) is 7.33. The van der Waals surface area contributed by atoms with Crippen LogP contribution in [0.25, 0.3) is 0 Å². The Morgan fingerprint density at radius 1 is 1.42 bits per heavy atom. The van der Waals surface area contributed by atoms with E-state index < -0.39 is 10.9 Å². The molecular weight excluding hydrogens is 337 g/mol. The summed E-state index contributed by atoms with van der Waals surface area (Å²) in [5, 5.41) is 0. The largest absolute Gasteiger partial charge is 0.496 e. The van der Waals surface area contributed by atoms with E-state index in [4.69, 9.17) is 4.74 Å². The number of aliphatic imine (C=N–C) groups is 1. The third-order valence-electron chi connectivity index (χ3n) is 4.33. The van der Waals surface area contributed by atoms with Crippen molar-refractivity contribution in [2.24, 2.45) is 4.99 Å². The molecule has 3 nitrogen and oxygen atoms in total. The van der Waals surface area contributed by atoms with Crippen molar-refractivity contribution < 1.29 is 17.9 Å². The molecule has 0 aromatic heterocycles. The lowest BCUT2D eigenvalue weighted by molar-refractivity contribution is -0.162. The van der Waals surface area contributed by atoms with Gasteiger partial charge in [-0.2, -0.15) is 13.2 Å². The molecular formula is C17H23F3N2OS. The lowest BCUT2D eigenvalue weighted by Gasteiger charge is -2.32. The fourth-order valence-corrected chi connectivity index (χ4v) is 4.18. The van der Waals surface area contributed by atoms with Crippen LogP contribution in [0.15, 0.2) is 17.1 Å². The lowest BCUT2D eigenvalue weighted by atomic mass is 9.90. The van der Waals surface area contributed by atoms with Crippen LogP contribution in [0, 0.1) is 6.92 Å². The van der Waals surface area contributed by atoms with Gasteiger partial charge in [-0.25, -0.2) is 4.99 Å². The SMILES string of the molecule is CCN(C)C=Nc1cc(OC)c(C2(C(F)(F)F)CCCS2)cc1C. The molecule has 1 unspecified atom stereocenters. The van der Waals surface area contributed by atoms with Crippen molar-refractivity contribution in [3.05, 3.63) is 23.3 Å². The molecule has 2 rings (SSSR count). The molecule has 0 aliphatic carbocycles. The van der Waals surface area contributed by atoms with Gasteiger partial charge in [0.25, 0.3) is 0 Å². The highest BCUT2D eigenvalue weighted by Gasteiger charge is 2.59. The van der Waals surface area contributed by atoms with Crippen molar-refractivity contribution in [2.75, 3.05) is 26.5 Å². The molecule has 0 bridgehead atoms. The van der Waals surface area contributed by atoms with E-state index in [9.17, 15) is 13.2 Å². The molecule has 0 amide bonds.